The van der Waals surface area contributed by atoms with Gasteiger partial charge in [0.15, 0.2) is 11.5 Å². The van der Waals surface area contributed by atoms with Gasteiger partial charge >= 0.3 is 0 Å². The van der Waals surface area contributed by atoms with Gasteiger partial charge < -0.3 is 29.0 Å². The number of carbonyl (C=O) groups is 1. The first-order chi connectivity index (χ1) is 11.2. The Bertz CT molecular complexity index is 535. The summed E-state index contributed by atoms with van der Waals surface area (Å²) >= 11 is 0. The first kappa shape index (κ1) is 17.5. The fourth-order valence-electron chi connectivity index (χ4n) is 2.80. The third-order valence-corrected chi connectivity index (χ3v) is 3.87. The highest BCUT2D eigenvalue weighted by Gasteiger charge is 2.36. The molecule has 0 spiro atoms. The Morgan fingerprint density at radius 1 is 1.30 bits per heavy atom. The monoisotopic (exact) mass is 325 g/mol. The zero-order chi connectivity index (χ0) is 16.8. The van der Waals surface area contributed by atoms with E-state index < -0.39 is 12.1 Å². The topological polar surface area (TPSA) is 77.5 Å². The molecule has 128 valence electrons. The minimum absolute atomic E-state index is 0.0120. The molecular formula is C16H23NO6. The normalized spacial score (nSPS) is 21.1. The summed E-state index contributed by atoms with van der Waals surface area (Å²) in [7, 11) is 4.59. The average Bonchev–Trinajstić information content (AvgIpc) is 2.60. The molecule has 23 heavy (non-hydrogen) atoms. The van der Waals surface area contributed by atoms with Crippen molar-refractivity contribution in [2.75, 3.05) is 47.7 Å². The Kier molecular flexibility index (Phi) is 6.20. The van der Waals surface area contributed by atoms with E-state index in [1.807, 2.05) is 6.07 Å². The SMILES string of the molecule is COCC(=O)N1CCO[C@H](CO)[C@H]1c1ccc(OC)c(OC)c1. The number of ether oxygens (including phenoxy) is 4. The van der Waals surface area contributed by atoms with Gasteiger partial charge in [0.05, 0.1) is 33.5 Å². The average molecular weight is 325 g/mol. The number of amides is 1. The number of nitrogens with zero attached hydrogens (tertiary/aromatic N) is 1. The molecule has 2 atom stereocenters. The zero-order valence-electron chi connectivity index (χ0n) is 13.7. The summed E-state index contributed by atoms with van der Waals surface area (Å²) in [6, 6.07) is 5.01. The van der Waals surface area contributed by atoms with Gasteiger partial charge in [-0.25, -0.2) is 0 Å². The van der Waals surface area contributed by atoms with Gasteiger partial charge in [0, 0.05) is 13.7 Å². The van der Waals surface area contributed by atoms with Gasteiger partial charge in [-0.3, -0.25) is 4.79 Å². The van der Waals surface area contributed by atoms with Crippen molar-refractivity contribution < 1.29 is 28.8 Å². The lowest BCUT2D eigenvalue weighted by molar-refractivity contribution is -0.153. The molecule has 1 heterocycles. The van der Waals surface area contributed by atoms with Crippen LogP contribution in [0.4, 0.5) is 0 Å². The van der Waals surface area contributed by atoms with E-state index in [0.717, 1.165) is 5.56 Å². The number of morpholine rings is 1. The van der Waals surface area contributed by atoms with Crippen LogP contribution >= 0.6 is 0 Å². The van der Waals surface area contributed by atoms with Crippen molar-refractivity contribution >= 4 is 5.91 Å². The second-order valence-electron chi connectivity index (χ2n) is 5.17. The number of aliphatic hydroxyl groups excluding tert-OH is 1. The predicted molar refractivity (Wildman–Crippen MR) is 82.7 cm³/mol. The lowest BCUT2D eigenvalue weighted by Gasteiger charge is -2.41. The van der Waals surface area contributed by atoms with Crippen LogP contribution in [-0.4, -0.2) is 69.7 Å². The second-order valence-corrected chi connectivity index (χ2v) is 5.17. The van der Waals surface area contributed by atoms with Crippen LogP contribution in [0.5, 0.6) is 11.5 Å². The first-order valence-electron chi connectivity index (χ1n) is 7.39. The van der Waals surface area contributed by atoms with Crippen LogP contribution < -0.4 is 9.47 Å². The summed E-state index contributed by atoms with van der Waals surface area (Å²) in [5.41, 5.74) is 0.811. The molecule has 1 amide bonds. The van der Waals surface area contributed by atoms with Crippen molar-refractivity contribution in [3.8, 4) is 11.5 Å². The molecule has 1 fully saturated rings. The Hall–Kier alpha value is -1.83. The van der Waals surface area contributed by atoms with Gasteiger partial charge in [0.1, 0.15) is 12.7 Å². The van der Waals surface area contributed by atoms with E-state index in [4.69, 9.17) is 18.9 Å². The molecule has 1 aliphatic rings. The van der Waals surface area contributed by atoms with Gasteiger partial charge in [0.25, 0.3) is 0 Å². The Labute approximate surface area is 135 Å². The summed E-state index contributed by atoms with van der Waals surface area (Å²) in [4.78, 5) is 14.0. The number of hydrogen-bond donors (Lipinski definition) is 1. The lowest BCUT2D eigenvalue weighted by Crippen LogP contribution is -2.50. The fraction of sp³-hybridized carbons (Fsp3) is 0.562. The second kappa shape index (κ2) is 8.14. The molecule has 0 bridgehead atoms. The number of rotatable bonds is 6. The number of methoxy groups -OCH3 is 3. The maximum absolute atomic E-state index is 12.3. The Balaban J connectivity index is 2.38. The minimum Gasteiger partial charge on any atom is -0.493 e. The maximum Gasteiger partial charge on any atom is 0.249 e. The van der Waals surface area contributed by atoms with Crippen LogP contribution in [0.25, 0.3) is 0 Å². The first-order valence-corrected chi connectivity index (χ1v) is 7.39. The smallest absolute Gasteiger partial charge is 0.249 e. The molecule has 1 aromatic carbocycles. The Morgan fingerprint density at radius 3 is 2.65 bits per heavy atom. The number of hydrogen-bond acceptors (Lipinski definition) is 6. The van der Waals surface area contributed by atoms with Gasteiger partial charge in [-0.15, -0.1) is 0 Å². The number of aliphatic hydroxyl groups is 1. The van der Waals surface area contributed by atoms with Crippen molar-refractivity contribution in [1.29, 1.82) is 0 Å². The molecule has 7 heteroatoms. The maximum atomic E-state index is 12.3. The van der Waals surface area contributed by atoms with E-state index in [1.54, 1.807) is 31.3 Å². The summed E-state index contributed by atoms with van der Waals surface area (Å²) in [5, 5.41) is 9.63. The van der Waals surface area contributed by atoms with Crippen LogP contribution in [0.2, 0.25) is 0 Å². The summed E-state index contributed by atoms with van der Waals surface area (Å²) in [6.45, 7) is 0.625. The molecule has 7 nitrogen and oxygen atoms in total. The quantitative estimate of drug-likeness (QED) is 0.826. The Morgan fingerprint density at radius 2 is 2.04 bits per heavy atom. The number of benzene rings is 1. The van der Waals surface area contributed by atoms with Crippen LogP contribution in [0.1, 0.15) is 11.6 Å². The van der Waals surface area contributed by atoms with E-state index in [1.165, 1.54) is 7.11 Å². The molecule has 0 aliphatic carbocycles. The van der Waals surface area contributed by atoms with Crippen molar-refractivity contribution in [3.63, 3.8) is 0 Å². The standard InChI is InChI=1S/C16H23NO6/c1-20-10-15(19)17-6-7-23-14(9-18)16(17)11-4-5-12(21-2)13(8-11)22-3/h4-5,8,14,16,18H,6-7,9-10H2,1-3H3/t14-,16-/m1/s1. The van der Waals surface area contributed by atoms with Crippen LogP contribution in [-0.2, 0) is 14.3 Å². The highest BCUT2D eigenvalue weighted by atomic mass is 16.5. The van der Waals surface area contributed by atoms with Crippen molar-refractivity contribution in [1.82, 2.24) is 4.90 Å². The molecule has 0 unspecified atom stereocenters. The van der Waals surface area contributed by atoms with Crippen LogP contribution in [0.15, 0.2) is 18.2 Å². The molecule has 0 radical (unpaired) electrons. The molecule has 1 N–H and O–H groups in total. The van der Waals surface area contributed by atoms with Crippen molar-refractivity contribution in [2.45, 2.75) is 12.1 Å². The minimum atomic E-state index is -0.498. The van der Waals surface area contributed by atoms with Crippen LogP contribution in [0, 0.1) is 0 Å². The molecular weight excluding hydrogens is 302 g/mol. The van der Waals surface area contributed by atoms with E-state index in [9.17, 15) is 9.90 Å². The summed E-state index contributed by atoms with van der Waals surface area (Å²) < 4.78 is 21.1. The van der Waals surface area contributed by atoms with E-state index in [-0.39, 0.29) is 19.1 Å². The van der Waals surface area contributed by atoms with E-state index >= 15 is 0 Å². The fourth-order valence-corrected chi connectivity index (χ4v) is 2.80. The van der Waals surface area contributed by atoms with E-state index in [2.05, 4.69) is 0 Å². The molecule has 0 saturated carbocycles. The van der Waals surface area contributed by atoms with Crippen LogP contribution in [0.3, 0.4) is 0 Å². The third kappa shape index (κ3) is 3.74. The molecule has 0 aromatic heterocycles. The van der Waals surface area contributed by atoms with Gasteiger partial charge in [-0.2, -0.15) is 0 Å². The summed E-state index contributed by atoms with van der Waals surface area (Å²) in [5.74, 6) is 1.02. The van der Waals surface area contributed by atoms with Crippen molar-refractivity contribution in [3.05, 3.63) is 23.8 Å². The van der Waals surface area contributed by atoms with Gasteiger partial charge in [-0.05, 0) is 17.7 Å². The highest BCUT2D eigenvalue weighted by molar-refractivity contribution is 5.78. The molecule has 1 saturated heterocycles. The third-order valence-electron chi connectivity index (χ3n) is 3.87. The van der Waals surface area contributed by atoms with Crippen molar-refractivity contribution in [2.24, 2.45) is 0 Å². The van der Waals surface area contributed by atoms with Gasteiger partial charge in [-0.1, -0.05) is 6.07 Å². The highest BCUT2D eigenvalue weighted by Crippen LogP contribution is 2.35. The summed E-state index contributed by atoms with van der Waals surface area (Å²) in [6.07, 6.45) is -0.498. The lowest BCUT2D eigenvalue weighted by atomic mass is 9.97. The van der Waals surface area contributed by atoms with E-state index in [0.29, 0.717) is 24.7 Å². The molecule has 1 aromatic rings. The zero-order valence-corrected chi connectivity index (χ0v) is 13.7. The molecule has 2 rings (SSSR count). The largest absolute Gasteiger partial charge is 0.493 e. The predicted octanol–water partition coefficient (Wildman–Crippen LogP) is 0.611. The van der Waals surface area contributed by atoms with Gasteiger partial charge in [0.2, 0.25) is 5.91 Å². The number of carbonyl (C=O) groups excluding carboxylic acids is 1. The molecule has 1 aliphatic heterocycles.